The zero-order chi connectivity index (χ0) is 15.0. The molecule has 2 aliphatic heterocycles. The van der Waals surface area contributed by atoms with E-state index >= 15 is 0 Å². The van der Waals surface area contributed by atoms with Gasteiger partial charge in [0.1, 0.15) is 5.75 Å². The normalized spacial score (nSPS) is 24.3. The summed E-state index contributed by atoms with van der Waals surface area (Å²) in [7, 11) is 0. The van der Waals surface area contributed by atoms with E-state index in [-0.39, 0.29) is 6.04 Å². The average Bonchev–Trinajstić information content (AvgIpc) is 2.93. The monoisotopic (exact) mass is 288 g/mol. The highest BCUT2D eigenvalue weighted by atomic mass is 16.5. The average molecular weight is 288 g/mol. The van der Waals surface area contributed by atoms with Crippen molar-refractivity contribution in [1.82, 2.24) is 4.90 Å². The number of hydrogen-bond acceptors (Lipinski definition) is 3. The highest BCUT2D eigenvalue weighted by Crippen LogP contribution is 2.36. The molecule has 0 aromatic heterocycles. The van der Waals surface area contributed by atoms with Gasteiger partial charge in [0, 0.05) is 13.0 Å². The summed E-state index contributed by atoms with van der Waals surface area (Å²) in [6, 6.07) is 5.99. The lowest BCUT2D eigenvalue weighted by Crippen LogP contribution is -2.46. The lowest BCUT2D eigenvalue weighted by Gasteiger charge is -2.38. The molecule has 1 aromatic carbocycles. The summed E-state index contributed by atoms with van der Waals surface area (Å²) in [5.74, 6) is -0.139. The summed E-state index contributed by atoms with van der Waals surface area (Å²) in [6.07, 6.45) is 2.80. The molecule has 1 fully saturated rings. The molecule has 5 nitrogen and oxygen atoms in total. The maximum absolute atomic E-state index is 12.1. The number of primary amides is 1. The topological polar surface area (TPSA) is 72.6 Å². The zero-order valence-corrected chi connectivity index (χ0v) is 12.2. The number of nitrogens with zero attached hydrogens (tertiary/aromatic N) is 1. The Hall–Kier alpha value is -2.04. The summed E-state index contributed by atoms with van der Waals surface area (Å²) < 4.78 is 5.52. The first-order valence-electron chi connectivity index (χ1n) is 7.42. The van der Waals surface area contributed by atoms with E-state index in [4.69, 9.17) is 10.5 Å². The van der Waals surface area contributed by atoms with Crippen LogP contribution < -0.4 is 10.5 Å². The van der Waals surface area contributed by atoms with Crippen LogP contribution in [0.15, 0.2) is 18.2 Å². The number of carbonyl (C=O) groups excluding carboxylic acids is 2. The number of carbonyl (C=O) groups is 2. The molecule has 0 bridgehead atoms. The van der Waals surface area contributed by atoms with Crippen LogP contribution in [-0.2, 0) is 16.0 Å². The Kier molecular flexibility index (Phi) is 3.57. The molecule has 21 heavy (non-hydrogen) atoms. The summed E-state index contributed by atoms with van der Waals surface area (Å²) in [4.78, 5) is 25.0. The number of fused-ring (bicyclic) bond motifs is 1. The fraction of sp³-hybridized carbons (Fsp3) is 0.500. The van der Waals surface area contributed by atoms with Crippen molar-refractivity contribution in [1.29, 1.82) is 0 Å². The lowest BCUT2D eigenvalue weighted by molar-refractivity contribution is -0.147. The molecule has 0 saturated carbocycles. The minimum Gasteiger partial charge on any atom is -0.493 e. The SMILES string of the molecule is C[C@H]1CC[C@H](c2ccc3c(c2)CCO3)N(C(=O)C(N)=O)C1. The molecule has 112 valence electrons. The van der Waals surface area contributed by atoms with Gasteiger partial charge in [-0.2, -0.15) is 0 Å². The van der Waals surface area contributed by atoms with E-state index in [1.54, 1.807) is 4.90 Å². The third kappa shape index (κ3) is 2.60. The number of nitrogens with two attached hydrogens (primary N) is 1. The fourth-order valence-corrected chi connectivity index (χ4v) is 3.28. The van der Waals surface area contributed by atoms with Gasteiger partial charge in [-0.25, -0.2) is 0 Å². The number of piperidine rings is 1. The molecule has 1 aromatic rings. The molecule has 0 aliphatic carbocycles. The molecule has 1 saturated heterocycles. The molecule has 2 amide bonds. The molecule has 0 radical (unpaired) electrons. The molecule has 3 rings (SSSR count). The van der Waals surface area contributed by atoms with Crippen molar-refractivity contribution in [3.63, 3.8) is 0 Å². The Balaban J connectivity index is 1.90. The summed E-state index contributed by atoms with van der Waals surface area (Å²) >= 11 is 0. The van der Waals surface area contributed by atoms with Crippen LogP contribution in [0.25, 0.3) is 0 Å². The highest BCUT2D eigenvalue weighted by Gasteiger charge is 2.33. The van der Waals surface area contributed by atoms with Crippen LogP contribution in [0, 0.1) is 5.92 Å². The maximum atomic E-state index is 12.1. The van der Waals surface area contributed by atoms with Crippen LogP contribution in [0.2, 0.25) is 0 Å². The van der Waals surface area contributed by atoms with Crippen LogP contribution in [-0.4, -0.2) is 29.9 Å². The Morgan fingerprint density at radius 1 is 1.33 bits per heavy atom. The van der Waals surface area contributed by atoms with Crippen LogP contribution in [0.3, 0.4) is 0 Å². The second kappa shape index (κ2) is 5.39. The molecular formula is C16H20N2O3. The molecular weight excluding hydrogens is 268 g/mol. The zero-order valence-electron chi connectivity index (χ0n) is 12.2. The van der Waals surface area contributed by atoms with E-state index in [1.165, 1.54) is 5.56 Å². The molecule has 2 N–H and O–H groups in total. The first-order valence-corrected chi connectivity index (χ1v) is 7.42. The van der Waals surface area contributed by atoms with Crippen molar-refractivity contribution in [2.24, 2.45) is 11.7 Å². The Morgan fingerprint density at radius 2 is 2.14 bits per heavy atom. The van der Waals surface area contributed by atoms with E-state index < -0.39 is 11.8 Å². The van der Waals surface area contributed by atoms with Crippen LogP contribution in [0.1, 0.15) is 36.9 Å². The van der Waals surface area contributed by atoms with Gasteiger partial charge in [-0.1, -0.05) is 13.0 Å². The first kappa shape index (κ1) is 13.9. The minimum atomic E-state index is -0.876. The Labute approximate surface area is 124 Å². The third-order valence-corrected chi connectivity index (χ3v) is 4.39. The van der Waals surface area contributed by atoms with Gasteiger partial charge in [-0.3, -0.25) is 9.59 Å². The summed E-state index contributed by atoms with van der Waals surface area (Å²) in [5, 5.41) is 0. The third-order valence-electron chi connectivity index (χ3n) is 4.39. The predicted octanol–water partition coefficient (Wildman–Crippen LogP) is 1.41. The highest BCUT2D eigenvalue weighted by molar-refractivity contribution is 6.34. The number of amides is 2. The van der Waals surface area contributed by atoms with Gasteiger partial charge in [-0.15, -0.1) is 0 Å². The first-order chi connectivity index (χ1) is 10.1. The molecule has 2 heterocycles. The van der Waals surface area contributed by atoms with Gasteiger partial charge in [0.15, 0.2) is 0 Å². The van der Waals surface area contributed by atoms with Crippen molar-refractivity contribution >= 4 is 11.8 Å². The number of ether oxygens (including phenoxy) is 1. The Morgan fingerprint density at radius 3 is 2.90 bits per heavy atom. The summed E-state index contributed by atoms with van der Waals surface area (Å²) in [5.41, 5.74) is 7.44. The van der Waals surface area contributed by atoms with Crippen LogP contribution in [0.4, 0.5) is 0 Å². The van der Waals surface area contributed by atoms with E-state index in [0.29, 0.717) is 19.1 Å². The molecule has 0 unspecified atom stereocenters. The van der Waals surface area contributed by atoms with E-state index in [2.05, 4.69) is 13.0 Å². The largest absolute Gasteiger partial charge is 0.493 e. The van der Waals surface area contributed by atoms with E-state index in [0.717, 1.165) is 30.6 Å². The fourth-order valence-electron chi connectivity index (χ4n) is 3.28. The predicted molar refractivity (Wildman–Crippen MR) is 77.7 cm³/mol. The van der Waals surface area contributed by atoms with Crippen molar-refractivity contribution in [3.8, 4) is 5.75 Å². The quantitative estimate of drug-likeness (QED) is 0.794. The van der Waals surface area contributed by atoms with Gasteiger partial charge in [0.05, 0.1) is 12.6 Å². The molecule has 2 atom stereocenters. The lowest BCUT2D eigenvalue weighted by atomic mass is 9.89. The molecule has 2 aliphatic rings. The van der Waals surface area contributed by atoms with Crippen molar-refractivity contribution in [2.45, 2.75) is 32.2 Å². The second-order valence-electron chi connectivity index (χ2n) is 5.99. The number of benzene rings is 1. The number of rotatable bonds is 1. The Bertz CT molecular complexity index is 585. The number of hydrogen-bond donors (Lipinski definition) is 1. The summed E-state index contributed by atoms with van der Waals surface area (Å²) in [6.45, 7) is 3.39. The van der Waals surface area contributed by atoms with Crippen molar-refractivity contribution in [3.05, 3.63) is 29.3 Å². The number of likely N-dealkylation sites (tertiary alicyclic amines) is 1. The van der Waals surface area contributed by atoms with Gasteiger partial charge < -0.3 is 15.4 Å². The standard InChI is InChI=1S/C16H20N2O3/c1-10-2-4-13(18(9-10)16(20)15(17)19)11-3-5-14-12(8-11)6-7-21-14/h3,5,8,10,13H,2,4,6-7,9H2,1H3,(H2,17,19)/t10-,13+/m0/s1. The van der Waals surface area contributed by atoms with Gasteiger partial charge in [-0.05, 0) is 42.0 Å². The van der Waals surface area contributed by atoms with Gasteiger partial charge >= 0.3 is 11.8 Å². The van der Waals surface area contributed by atoms with Crippen LogP contribution >= 0.6 is 0 Å². The molecule has 5 heteroatoms. The maximum Gasteiger partial charge on any atom is 0.312 e. The van der Waals surface area contributed by atoms with E-state index in [9.17, 15) is 9.59 Å². The van der Waals surface area contributed by atoms with Crippen molar-refractivity contribution < 1.29 is 14.3 Å². The van der Waals surface area contributed by atoms with Gasteiger partial charge in [0.2, 0.25) is 0 Å². The minimum absolute atomic E-state index is 0.0629. The molecule has 0 spiro atoms. The second-order valence-corrected chi connectivity index (χ2v) is 5.99. The van der Waals surface area contributed by atoms with Gasteiger partial charge in [0.25, 0.3) is 0 Å². The van der Waals surface area contributed by atoms with Crippen molar-refractivity contribution in [2.75, 3.05) is 13.2 Å². The van der Waals surface area contributed by atoms with E-state index in [1.807, 2.05) is 12.1 Å². The smallest absolute Gasteiger partial charge is 0.312 e. The van der Waals surface area contributed by atoms with Crippen LogP contribution in [0.5, 0.6) is 5.75 Å².